The molecule has 4 rings (SSSR count). The largest absolute Gasteiger partial charge is 0.444 e. The molecule has 0 aliphatic heterocycles. The van der Waals surface area contributed by atoms with E-state index in [-0.39, 0.29) is 23.9 Å². The fourth-order valence-electron chi connectivity index (χ4n) is 4.60. The lowest BCUT2D eigenvalue weighted by Gasteiger charge is -2.27. The van der Waals surface area contributed by atoms with E-state index >= 15 is 0 Å². The van der Waals surface area contributed by atoms with Gasteiger partial charge in [0.2, 0.25) is 5.91 Å². The van der Waals surface area contributed by atoms with Gasteiger partial charge in [0.1, 0.15) is 5.60 Å². The molecular formula is C32H37N5O5. The predicted molar refractivity (Wildman–Crippen MR) is 163 cm³/mol. The lowest BCUT2D eigenvalue weighted by atomic mass is 9.97. The van der Waals surface area contributed by atoms with Crippen molar-refractivity contribution in [1.82, 2.24) is 14.9 Å². The van der Waals surface area contributed by atoms with Crippen molar-refractivity contribution in [3.8, 4) is 0 Å². The van der Waals surface area contributed by atoms with Crippen molar-refractivity contribution in [2.75, 3.05) is 37.4 Å². The van der Waals surface area contributed by atoms with Gasteiger partial charge in [-0.3, -0.25) is 15.1 Å². The highest BCUT2D eigenvalue weighted by atomic mass is 16.6. The number of hydrogen-bond donors (Lipinski definition) is 1. The molecule has 1 atom stereocenters. The second kappa shape index (κ2) is 12.8. The van der Waals surface area contributed by atoms with Crippen LogP contribution in [0.15, 0.2) is 76.2 Å². The lowest BCUT2D eigenvalue weighted by Crippen LogP contribution is -2.38. The number of carbonyl (C=O) groups is 2. The summed E-state index contributed by atoms with van der Waals surface area (Å²) in [4.78, 5) is 51.3. The summed E-state index contributed by atoms with van der Waals surface area (Å²) in [5.41, 5.74) is 1.99. The minimum Gasteiger partial charge on any atom is -0.444 e. The molecule has 1 unspecified atom stereocenters. The van der Waals surface area contributed by atoms with E-state index in [1.54, 1.807) is 76.1 Å². The molecule has 2 aromatic heterocycles. The molecule has 10 nitrogen and oxygen atoms in total. The topological polar surface area (TPSA) is 118 Å². The molecule has 0 fully saturated rings. The Hall–Kier alpha value is -4.73. The minimum atomic E-state index is -0.665. The van der Waals surface area contributed by atoms with Crippen LogP contribution in [0.1, 0.15) is 43.4 Å². The minimum absolute atomic E-state index is 0.0613. The van der Waals surface area contributed by atoms with E-state index in [0.717, 1.165) is 11.1 Å². The summed E-state index contributed by atoms with van der Waals surface area (Å²) < 4.78 is 11.0. The van der Waals surface area contributed by atoms with Gasteiger partial charge in [-0.1, -0.05) is 36.4 Å². The van der Waals surface area contributed by atoms with Gasteiger partial charge in [-0.05, 0) is 69.0 Å². The fourth-order valence-corrected chi connectivity index (χ4v) is 4.60. The van der Waals surface area contributed by atoms with Crippen LogP contribution in [0.3, 0.4) is 0 Å². The zero-order chi connectivity index (χ0) is 30.4. The first kappa shape index (κ1) is 30.2. The van der Waals surface area contributed by atoms with Crippen LogP contribution in [0.2, 0.25) is 0 Å². The van der Waals surface area contributed by atoms with Crippen molar-refractivity contribution in [3.05, 3.63) is 94.1 Å². The van der Waals surface area contributed by atoms with Crippen LogP contribution in [-0.4, -0.2) is 59.7 Å². The average molecular weight is 572 g/mol. The highest BCUT2D eigenvalue weighted by Crippen LogP contribution is 2.26. The van der Waals surface area contributed by atoms with E-state index in [0.29, 0.717) is 29.7 Å². The SMILES string of the molecule is Cc1c(NC(=O)OC(C)(C)C)ccc2nc(N(C)CC(C(=O)N(C)CCc3cccnc3)c3ccccc3)oc(=O)c12. The van der Waals surface area contributed by atoms with Gasteiger partial charge in [0.25, 0.3) is 0 Å². The summed E-state index contributed by atoms with van der Waals surface area (Å²) >= 11 is 0. The van der Waals surface area contributed by atoms with Crippen LogP contribution < -0.4 is 15.8 Å². The molecule has 10 heteroatoms. The number of aryl methyl sites for hydroxylation is 1. The second-order valence-electron chi connectivity index (χ2n) is 11.3. The van der Waals surface area contributed by atoms with Gasteiger partial charge < -0.3 is 19.0 Å². The number of anilines is 2. The lowest BCUT2D eigenvalue weighted by molar-refractivity contribution is -0.131. The van der Waals surface area contributed by atoms with Gasteiger partial charge in [-0.15, -0.1) is 0 Å². The number of likely N-dealkylation sites (N-methyl/N-ethyl adjacent to an activating group) is 2. The van der Waals surface area contributed by atoms with Crippen LogP contribution in [0.5, 0.6) is 0 Å². The van der Waals surface area contributed by atoms with Crippen LogP contribution in [0, 0.1) is 6.92 Å². The van der Waals surface area contributed by atoms with E-state index in [2.05, 4.69) is 15.3 Å². The van der Waals surface area contributed by atoms with Crippen LogP contribution in [-0.2, 0) is 16.0 Å². The Labute approximate surface area is 245 Å². The third kappa shape index (κ3) is 7.51. The number of hydrogen-bond acceptors (Lipinski definition) is 8. The second-order valence-corrected chi connectivity index (χ2v) is 11.3. The van der Waals surface area contributed by atoms with E-state index < -0.39 is 23.2 Å². The maximum absolute atomic E-state index is 13.7. The molecular weight excluding hydrogens is 534 g/mol. The summed E-state index contributed by atoms with van der Waals surface area (Å²) in [6.45, 7) is 7.79. The molecule has 0 spiro atoms. The van der Waals surface area contributed by atoms with Gasteiger partial charge >= 0.3 is 17.7 Å². The van der Waals surface area contributed by atoms with E-state index in [1.807, 2.05) is 42.5 Å². The Morgan fingerprint density at radius 1 is 1.05 bits per heavy atom. The molecule has 4 aromatic rings. The Bertz CT molecular complexity index is 1600. The first-order valence-corrected chi connectivity index (χ1v) is 13.8. The van der Waals surface area contributed by atoms with Gasteiger partial charge in [0.15, 0.2) is 0 Å². The average Bonchev–Trinajstić information content (AvgIpc) is 2.95. The van der Waals surface area contributed by atoms with E-state index in [9.17, 15) is 14.4 Å². The number of amides is 2. The standard InChI is InChI=1S/C32H37N5O5/c1-21-25(35-31(40)42-32(2,3)4)14-15-26-27(21)29(39)41-30(34-26)37(6)20-24(23-12-8-7-9-13-23)28(38)36(5)18-16-22-11-10-17-33-19-22/h7-15,17,19,24H,16,18,20H2,1-6H3,(H,35,40). The van der Waals surface area contributed by atoms with Crippen LogP contribution in [0.4, 0.5) is 16.5 Å². The molecule has 42 heavy (non-hydrogen) atoms. The van der Waals surface area contributed by atoms with Crippen molar-refractivity contribution in [2.45, 2.75) is 45.6 Å². The zero-order valence-corrected chi connectivity index (χ0v) is 24.9. The van der Waals surface area contributed by atoms with Gasteiger partial charge in [-0.2, -0.15) is 4.98 Å². The van der Waals surface area contributed by atoms with Gasteiger partial charge in [0.05, 0.1) is 16.8 Å². The normalized spacial score (nSPS) is 12.0. The first-order chi connectivity index (χ1) is 19.9. The first-order valence-electron chi connectivity index (χ1n) is 13.8. The maximum atomic E-state index is 13.7. The Balaban J connectivity index is 1.56. The monoisotopic (exact) mass is 571 g/mol. The highest BCUT2D eigenvalue weighted by molar-refractivity contribution is 5.93. The Morgan fingerprint density at radius 2 is 1.79 bits per heavy atom. The molecule has 2 heterocycles. The number of aromatic nitrogens is 2. The summed E-state index contributed by atoms with van der Waals surface area (Å²) in [7, 11) is 3.52. The number of pyridine rings is 1. The van der Waals surface area contributed by atoms with E-state index in [1.165, 1.54) is 0 Å². The third-order valence-corrected chi connectivity index (χ3v) is 6.80. The molecule has 0 aliphatic rings. The number of nitrogens with zero attached hydrogens (tertiary/aromatic N) is 4. The van der Waals surface area contributed by atoms with Crippen molar-refractivity contribution in [1.29, 1.82) is 0 Å². The quantitative estimate of drug-likeness (QED) is 0.293. The number of benzene rings is 2. The molecule has 1 N–H and O–H groups in total. The Morgan fingerprint density at radius 3 is 2.45 bits per heavy atom. The number of ether oxygens (including phenoxy) is 1. The molecule has 0 saturated carbocycles. The summed E-state index contributed by atoms with van der Waals surface area (Å²) in [6, 6.07) is 16.8. The Kier molecular flexibility index (Phi) is 9.25. The molecule has 2 amide bonds. The van der Waals surface area contributed by atoms with Crippen molar-refractivity contribution in [2.24, 2.45) is 0 Å². The summed E-state index contributed by atoms with van der Waals surface area (Å²) in [5.74, 6) is -0.589. The van der Waals surface area contributed by atoms with E-state index in [4.69, 9.17) is 9.15 Å². The molecule has 0 aliphatic carbocycles. The van der Waals surface area contributed by atoms with Crippen molar-refractivity contribution < 1.29 is 18.7 Å². The number of rotatable bonds is 9. The number of nitrogens with one attached hydrogen (secondary N) is 1. The predicted octanol–water partition coefficient (Wildman–Crippen LogP) is 5.16. The van der Waals surface area contributed by atoms with Crippen molar-refractivity contribution >= 4 is 34.6 Å². The molecule has 220 valence electrons. The highest BCUT2D eigenvalue weighted by Gasteiger charge is 2.27. The molecule has 2 aromatic carbocycles. The number of carbonyl (C=O) groups excluding carboxylic acids is 2. The fraction of sp³-hybridized carbons (Fsp3) is 0.344. The molecule has 0 saturated heterocycles. The zero-order valence-electron chi connectivity index (χ0n) is 24.9. The molecule has 0 bridgehead atoms. The summed E-state index contributed by atoms with van der Waals surface area (Å²) in [5, 5.41) is 2.94. The van der Waals surface area contributed by atoms with Crippen LogP contribution in [0.25, 0.3) is 10.9 Å². The van der Waals surface area contributed by atoms with Crippen molar-refractivity contribution in [3.63, 3.8) is 0 Å². The summed E-state index contributed by atoms with van der Waals surface area (Å²) in [6.07, 6.45) is 3.58. The maximum Gasteiger partial charge on any atom is 0.412 e. The third-order valence-electron chi connectivity index (χ3n) is 6.80. The van der Waals surface area contributed by atoms with Gasteiger partial charge in [0, 0.05) is 45.3 Å². The number of fused-ring (bicyclic) bond motifs is 1. The van der Waals surface area contributed by atoms with Gasteiger partial charge in [-0.25, -0.2) is 9.59 Å². The smallest absolute Gasteiger partial charge is 0.412 e. The van der Waals surface area contributed by atoms with Crippen LogP contribution >= 0.6 is 0 Å². The molecule has 0 radical (unpaired) electrons.